The molecule has 2 saturated heterocycles. The van der Waals surface area contributed by atoms with Crippen molar-refractivity contribution >= 4 is 11.6 Å². The summed E-state index contributed by atoms with van der Waals surface area (Å²) in [6.07, 6.45) is -2.05. The molecule has 7 rings (SSSR count). The van der Waals surface area contributed by atoms with Gasteiger partial charge in [-0.05, 0) is 80.2 Å². The molecular weight excluding hydrogens is 682 g/mol. The Morgan fingerprint density at radius 2 is 1.44 bits per heavy atom. The SMILES string of the molecule is CN1CCN(c2cnc(N3CCC(c4nc5c(c(C6CCC(F)(F)CC6)c4[C@@H](F)c4ccc(C(F)(F)F)cc4)[C@@H](O)CC(C)(C)C5)CC3)nc2)CC1. The lowest BCUT2D eigenvalue weighted by Crippen LogP contribution is -2.44. The molecule has 52 heavy (non-hydrogen) atoms. The molecule has 0 bridgehead atoms. The number of aromatic nitrogens is 3. The van der Waals surface area contributed by atoms with Gasteiger partial charge in [-0.1, -0.05) is 26.0 Å². The number of alkyl halides is 6. The van der Waals surface area contributed by atoms with E-state index in [1.807, 2.05) is 26.2 Å². The number of halogens is 6. The number of benzene rings is 1. The lowest BCUT2D eigenvalue weighted by atomic mass is 9.68. The average molecular weight is 731 g/mol. The Kier molecular flexibility index (Phi) is 9.99. The van der Waals surface area contributed by atoms with E-state index < -0.39 is 35.9 Å². The normalized spacial score (nSPS) is 23.8. The minimum Gasteiger partial charge on any atom is -0.388 e. The zero-order valence-electron chi connectivity index (χ0n) is 30.1. The molecule has 0 amide bonds. The van der Waals surface area contributed by atoms with Gasteiger partial charge < -0.3 is 19.8 Å². The van der Waals surface area contributed by atoms with E-state index in [-0.39, 0.29) is 48.1 Å². The number of aliphatic hydroxyl groups is 1. The Morgan fingerprint density at radius 3 is 2.04 bits per heavy atom. The number of pyridine rings is 1. The molecule has 3 fully saturated rings. The maximum absolute atomic E-state index is 17.3. The molecular formula is C39H48F6N6O. The number of likely N-dealkylation sites (N-methyl/N-ethyl adjacent to an activating group) is 1. The molecule has 1 aromatic carbocycles. The van der Waals surface area contributed by atoms with Crippen molar-refractivity contribution in [1.29, 1.82) is 0 Å². The molecule has 2 aromatic heterocycles. The van der Waals surface area contributed by atoms with Gasteiger partial charge in [0.25, 0.3) is 0 Å². The number of piperazine rings is 1. The van der Waals surface area contributed by atoms with Gasteiger partial charge in [0.05, 0.1) is 35.4 Å². The van der Waals surface area contributed by atoms with Gasteiger partial charge in [0.1, 0.15) is 0 Å². The molecule has 3 aromatic rings. The zero-order chi connectivity index (χ0) is 37.0. The maximum Gasteiger partial charge on any atom is 0.416 e. The van der Waals surface area contributed by atoms with Gasteiger partial charge in [0.15, 0.2) is 6.17 Å². The predicted molar refractivity (Wildman–Crippen MR) is 188 cm³/mol. The molecule has 0 unspecified atom stereocenters. The molecule has 0 spiro atoms. The number of rotatable bonds is 6. The van der Waals surface area contributed by atoms with Crippen LogP contribution in [0.5, 0.6) is 0 Å². The third-order valence-corrected chi connectivity index (χ3v) is 11.7. The molecule has 0 radical (unpaired) electrons. The van der Waals surface area contributed by atoms with Crippen LogP contribution in [0.1, 0.15) is 122 Å². The molecule has 2 atom stereocenters. The first kappa shape index (κ1) is 36.9. The Bertz CT molecular complexity index is 1710. The third-order valence-electron chi connectivity index (χ3n) is 11.7. The average Bonchev–Trinajstić information content (AvgIpc) is 3.10. The molecule has 2 aliphatic carbocycles. The van der Waals surface area contributed by atoms with Crippen molar-refractivity contribution in [3.05, 3.63) is 75.9 Å². The number of anilines is 2. The minimum absolute atomic E-state index is 0.0373. The Morgan fingerprint density at radius 1 is 0.827 bits per heavy atom. The quantitative estimate of drug-likeness (QED) is 0.256. The van der Waals surface area contributed by atoms with Crippen LogP contribution in [0.25, 0.3) is 0 Å². The molecule has 2 aliphatic heterocycles. The Labute approximate surface area is 301 Å². The van der Waals surface area contributed by atoms with Crippen LogP contribution < -0.4 is 9.80 Å². The summed E-state index contributed by atoms with van der Waals surface area (Å²) in [5.41, 5.74) is 2.32. The van der Waals surface area contributed by atoms with Crippen molar-refractivity contribution in [2.75, 3.05) is 56.1 Å². The molecule has 4 aliphatic rings. The Balaban J connectivity index is 1.25. The van der Waals surface area contributed by atoms with E-state index in [2.05, 4.69) is 31.7 Å². The van der Waals surface area contributed by atoms with Crippen LogP contribution in [0.3, 0.4) is 0 Å². The standard InChI is InChI=1S/C39H48F6N6O/c1-37(2)20-29-32(30(52)21-37)31(24-8-12-38(41,42)13-9-24)33(34(40)25-4-6-27(7-5-25)39(43,44)45)35(48-29)26-10-14-51(15-11-26)36-46-22-28(23-47-36)50-18-16-49(3)17-19-50/h4-7,22-24,26,30,34,52H,8-21H2,1-3H3/t30-,34-/m0/s1. The second-order valence-corrected chi connectivity index (χ2v) is 16.2. The number of piperidine rings is 1. The first-order valence-electron chi connectivity index (χ1n) is 18.5. The smallest absolute Gasteiger partial charge is 0.388 e. The van der Waals surface area contributed by atoms with Crippen molar-refractivity contribution in [2.24, 2.45) is 5.41 Å². The summed E-state index contributed by atoms with van der Waals surface area (Å²) in [5, 5.41) is 11.6. The highest BCUT2D eigenvalue weighted by Crippen LogP contribution is 2.52. The summed E-state index contributed by atoms with van der Waals surface area (Å²) in [5.74, 6) is -2.87. The van der Waals surface area contributed by atoms with Crippen LogP contribution in [-0.4, -0.2) is 77.2 Å². The van der Waals surface area contributed by atoms with Crippen molar-refractivity contribution in [3.8, 4) is 0 Å². The number of fused-ring (bicyclic) bond motifs is 1. The highest BCUT2D eigenvalue weighted by atomic mass is 19.4. The molecule has 4 heterocycles. The Hall–Kier alpha value is -3.45. The topological polar surface area (TPSA) is 68.6 Å². The summed E-state index contributed by atoms with van der Waals surface area (Å²) in [6, 6.07) is 4.06. The van der Waals surface area contributed by atoms with Gasteiger partial charge >= 0.3 is 6.18 Å². The van der Waals surface area contributed by atoms with Crippen LogP contribution in [0.15, 0.2) is 36.7 Å². The second-order valence-electron chi connectivity index (χ2n) is 16.2. The number of hydrogen-bond acceptors (Lipinski definition) is 7. The third kappa shape index (κ3) is 7.62. The summed E-state index contributed by atoms with van der Waals surface area (Å²) < 4.78 is 86.7. The largest absolute Gasteiger partial charge is 0.416 e. The zero-order valence-corrected chi connectivity index (χ0v) is 30.1. The van der Waals surface area contributed by atoms with Gasteiger partial charge in [-0.15, -0.1) is 0 Å². The fourth-order valence-electron chi connectivity index (χ4n) is 8.77. The van der Waals surface area contributed by atoms with Crippen LogP contribution in [0, 0.1) is 5.41 Å². The fourth-order valence-corrected chi connectivity index (χ4v) is 8.77. The van der Waals surface area contributed by atoms with E-state index >= 15 is 4.39 Å². The highest BCUT2D eigenvalue weighted by molar-refractivity contribution is 5.52. The van der Waals surface area contributed by atoms with Gasteiger partial charge in [0, 0.05) is 74.8 Å². The van der Waals surface area contributed by atoms with E-state index in [0.717, 1.165) is 56.1 Å². The van der Waals surface area contributed by atoms with Crippen LogP contribution in [0.4, 0.5) is 38.0 Å². The van der Waals surface area contributed by atoms with Gasteiger partial charge in [-0.2, -0.15) is 13.2 Å². The minimum atomic E-state index is -4.58. The summed E-state index contributed by atoms with van der Waals surface area (Å²) in [6.45, 7) is 8.99. The number of aliphatic hydroxyl groups excluding tert-OH is 1. The highest BCUT2D eigenvalue weighted by Gasteiger charge is 2.44. The van der Waals surface area contributed by atoms with Gasteiger partial charge in [0.2, 0.25) is 11.9 Å². The molecule has 282 valence electrons. The van der Waals surface area contributed by atoms with E-state index in [1.165, 1.54) is 0 Å². The van der Waals surface area contributed by atoms with Crippen molar-refractivity contribution in [2.45, 2.75) is 101 Å². The fraction of sp³-hybridized carbons (Fsp3) is 0.615. The summed E-state index contributed by atoms with van der Waals surface area (Å²) >= 11 is 0. The summed E-state index contributed by atoms with van der Waals surface area (Å²) in [4.78, 5) is 21.2. The van der Waals surface area contributed by atoms with Crippen molar-refractivity contribution in [3.63, 3.8) is 0 Å². The molecule has 7 nitrogen and oxygen atoms in total. The van der Waals surface area contributed by atoms with Crippen LogP contribution in [-0.2, 0) is 12.6 Å². The molecule has 13 heteroatoms. The van der Waals surface area contributed by atoms with Crippen LogP contribution >= 0.6 is 0 Å². The monoisotopic (exact) mass is 730 g/mol. The number of hydrogen-bond donors (Lipinski definition) is 1. The number of nitrogens with zero attached hydrogens (tertiary/aromatic N) is 6. The molecule has 1 saturated carbocycles. The van der Waals surface area contributed by atoms with E-state index in [4.69, 9.17) is 4.98 Å². The van der Waals surface area contributed by atoms with E-state index in [1.54, 1.807) is 0 Å². The van der Waals surface area contributed by atoms with E-state index in [0.29, 0.717) is 67.2 Å². The maximum atomic E-state index is 17.3. The van der Waals surface area contributed by atoms with Crippen molar-refractivity contribution in [1.82, 2.24) is 19.9 Å². The summed E-state index contributed by atoms with van der Waals surface area (Å²) in [7, 11) is 2.10. The first-order chi connectivity index (χ1) is 24.6. The predicted octanol–water partition coefficient (Wildman–Crippen LogP) is 8.38. The second kappa shape index (κ2) is 14.1. The molecule has 1 N–H and O–H groups in total. The van der Waals surface area contributed by atoms with Crippen LogP contribution in [0.2, 0.25) is 0 Å². The van der Waals surface area contributed by atoms with Gasteiger partial charge in [-0.3, -0.25) is 4.98 Å². The van der Waals surface area contributed by atoms with Gasteiger partial charge in [-0.25, -0.2) is 23.1 Å². The van der Waals surface area contributed by atoms with E-state index in [9.17, 15) is 27.1 Å². The lowest BCUT2D eigenvalue weighted by molar-refractivity contribution is -0.137. The first-order valence-corrected chi connectivity index (χ1v) is 18.5. The lowest BCUT2D eigenvalue weighted by Gasteiger charge is -2.41. The van der Waals surface area contributed by atoms with Crippen molar-refractivity contribution < 1.29 is 31.4 Å².